The molecule has 0 aliphatic carbocycles. The third kappa shape index (κ3) is 1.08. The van der Waals surface area contributed by atoms with E-state index in [1.165, 1.54) is 6.92 Å². The normalized spacial score (nSPS) is 9.80. The van der Waals surface area contributed by atoms with Crippen LogP contribution < -0.4 is 5.76 Å². The Labute approximate surface area is 60.2 Å². The summed E-state index contributed by atoms with van der Waals surface area (Å²) in [6, 6.07) is 0. The molecule has 0 spiro atoms. The fourth-order valence-corrected chi connectivity index (χ4v) is 0.590. The highest BCUT2D eigenvalue weighted by Crippen LogP contribution is 1.88. The monoisotopic (exact) mass is 162 g/mol. The predicted molar refractivity (Wildman–Crippen MR) is 32.1 cm³/mol. The Morgan fingerprint density at radius 2 is 2.40 bits per heavy atom. The zero-order valence-corrected chi connectivity index (χ0v) is 5.75. The van der Waals surface area contributed by atoms with Crippen LogP contribution in [-0.4, -0.2) is 15.1 Å². The van der Waals surface area contributed by atoms with E-state index in [1.54, 1.807) is 0 Å². The molecular weight excluding hydrogens is 160 g/mol. The van der Waals surface area contributed by atoms with Gasteiger partial charge in [-0.25, -0.2) is 4.79 Å². The minimum absolute atomic E-state index is 0.110. The van der Waals surface area contributed by atoms with E-state index in [0.29, 0.717) is 4.68 Å². The SMILES string of the molecule is Cc1nn(C(=O)Cl)c(=O)o1. The summed E-state index contributed by atoms with van der Waals surface area (Å²) in [4.78, 5) is 20.8. The van der Waals surface area contributed by atoms with Crippen LogP contribution in [0.2, 0.25) is 0 Å². The van der Waals surface area contributed by atoms with Gasteiger partial charge in [0.25, 0.3) is 0 Å². The number of halogens is 1. The molecule has 54 valence electrons. The van der Waals surface area contributed by atoms with Crippen molar-refractivity contribution in [2.45, 2.75) is 6.92 Å². The van der Waals surface area contributed by atoms with Gasteiger partial charge < -0.3 is 4.42 Å². The average molecular weight is 163 g/mol. The highest BCUT2D eigenvalue weighted by atomic mass is 35.5. The lowest BCUT2D eigenvalue weighted by Gasteiger charge is -1.80. The molecule has 1 heterocycles. The Hall–Kier alpha value is -1.10. The molecule has 5 nitrogen and oxygen atoms in total. The molecule has 1 rings (SSSR count). The molecule has 0 saturated carbocycles. The number of hydrogen-bond donors (Lipinski definition) is 0. The Balaban J connectivity index is 3.29. The highest BCUT2D eigenvalue weighted by Gasteiger charge is 2.08. The van der Waals surface area contributed by atoms with Gasteiger partial charge in [0.15, 0.2) is 0 Å². The van der Waals surface area contributed by atoms with Gasteiger partial charge in [0.1, 0.15) is 0 Å². The van der Waals surface area contributed by atoms with Crippen molar-refractivity contribution in [3.63, 3.8) is 0 Å². The summed E-state index contributed by atoms with van der Waals surface area (Å²) in [5.74, 6) is -0.753. The standard InChI is InChI=1S/C4H3ClN2O3/c1-2-6-7(3(5)8)4(9)10-2/h1H3. The summed E-state index contributed by atoms with van der Waals surface area (Å²) in [5, 5.41) is 2.40. The minimum atomic E-state index is -0.971. The van der Waals surface area contributed by atoms with Crippen LogP contribution in [0.1, 0.15) is 5.89 Å². The lowest BCUT2D eigenvalue weighted by Crippen LogP contribution is -2.18. The number of nitrogens with zero attached hydrogens (tertiary/aromatic N) is 2. The van der Waals surface area contributed by atoms with Gasteiger partial charge in [0.2, 0.25) is 5.89 Å². The maximum absolute atomic E-state index is 10.5. The van der Waals surface area contributed by atoms with Crippen LogP contribution in [0.15, 0.2) is 9.21 Å². The molecule has 6 heteroatoms. The molecule has 10 heavy (non-hydrogen) atoms. The van der Waals surface area contributed by atoms with Gasteiger partial charge in [0.05, 0.1) is 0 Å². The van der Waals surface area contributed by atoms with Gasteiger partial charge >= 0.3 is 11.1 Å². The van der Waals surface area contributed by atoms with Crippen molar-refractivity contribution in [1.82, 2.24) is 9.78 Å². The Bertz CT molecular complexity index is 313. The van der Waals surface area contributed by atoms with E-state index >= 15 is 0 Å². The molecule has 0 N–H and O–H groups in total. The van der Waals surface area contributed by atoms with E-state index in [1.807, 2.05) is 0 Å². The fourth-order valence-electron chi connectivity index (χ4n) is 0.483. The van der Waals surface area contributed by atoms with Crippen LogP contribution in [0, 0.1) is 6.92 Å². The fraction of sp³-hybridized carbons (Fsp3) is 0.250. The minimum Gasteiger partial charge on any atom is -0.392 e. The van der Waals surface area contributed by atoms with Gasteiger partial charge in [-0.2, -0.15) is 0 Å². The van der Waals surface area contributed by atoms with E-state index in [-0.39, 0.29) is 5.89 Å². The molecule has 0 atom stereocenters. The largest absolute Gasteiger partial charge is 0.445 e. The van der Waals surface area contributed by atoms with E-state index in [9.17, 15) is 9.59 Å². The Morgan fingerprint density at radius 3 is 2.60 bits per heavy atom. The van der Waals surface area contributed by atoms with E-state index in [0.717, 1.165) is 0 Å². The maximum atomic E-state index is 10.5. The molecule has 0 bridgehead atoms. The van der Waals surface area contributed by atoms with Crippen LogP contribution in [0.25, 0.3) is 0 Å². The van der Waals surface area contributed by atoms with Crippen LogP contribution in [0.3, 0.4) is 0 Å². The lowest BCUT2D eigenvalue weighted by molar-refractivity contribution is 0.257. The first-order valence-corrected chi connectivity index (χ1v) is 2.75. The number of carbonyl (C=O) groups is 1. The first-order chi connectivity index (χ1) is 4.61. The molecule has 1 aromatic rings. The smallest absolute Gasteiger partial charge is 0.392 e. The topological polar surface area (TPSA) is 65.1 Å². The summed E-state index contributed by atoms with van der Waals surface area (Å²) in [6.45, 7) is 1.44. The summed E-state index contributed by atoms with van der Waals surface area (Å²) in [5.41, 5.74) is 0. The van der Waals surface area contributed by atoms with Crippen molar-refractivity contribution in [3.8, 4) is 0 Å². The van der Waals surface area contributed by atoms with Crippen LogP contribution in [0.5, 0.6) is 0 Å². The molecular formula is C4H3ClN2O3. The average Bonchev–Trinajstić information content (AvgIpc) is 2.10. The molecule has 1 aromatic heterocycles. The maximum Gasteiger partial charge on any atom is 0.445 e. The van der Waals surface area contributed by atoms with Crippen LogP contribution in [-0.2, 0) is 0 Å². The molecule has 0 aliphatic rings. The molecule has 0 saturated heterocycles. The van der Waals surface area contributed by atoms with E-state index in [2.05, 4.69) is 9.52 Å². The van der Waals surface area contributed by atoms with Crippen molar-refractivity contribution in [3.05, 3.63) is 16.4 Å². The van der Waals surface area contributed by atoms with Gasteiger partial charge in [-0.3, -0.25) is 4.79 Å². The lowest BCUT2D eigenvalue weighted by atomic mass is 10.8. The number of carbonyl (C=O) groups excluding carboxylic acids is 1. The Morgan fingerprint density at radius 1 is 1.80 bits per heavy atom. The van der Waals surface area contributed by atoms with Gasteiger partial charge in [-0.15, -0.1) is 9.78 Å². The number of aryl methyl sites for hydroxylation is 1. The van der Waals surface area contributed by atoms with Gasteiger partial charge in [-0.05, 0) is 11.6 Å². The third-order valence-corrected chi connectivity index (χ3v) is 0.975. The van der Waals surface area contributed by atoms with Gasteiger partial charge in [0, 0.05) is 6.92 Å². The molecule has 0 radical (unpaired) electrons. The second kappa shape index (κ2) is 2.26. The van der Waals surface area contributed by atoms with E-state index < -0.39 is 11.1 Å². The third-order valence-electron chi connectivity index (χ3n) is 0.815. The number of hydrogen-bond acceptors (Lipinski definition) is 4. The van der Waals surface area contributed by atoms with E-state index in [4.69, 9.17) is 11.6 Å². The number of aromatic nitrogens is 2. The molecule has 0 fully saturated rings. The molecule has 0 unspecified atom stereocenters. The molecule has 0 aromatic carbocycles. The molecule has 0 amide bonds. The zero-order valence-electron chi connectivity index (χ0n) is 5.00. The summed E-state index contributed by atoms with van der Waals surface area (Å²) in [7, 11) is 0. The first-order valence-electron chi connectivity index (χ1n) is 2.38. The second-order valence-corrected chi connectivity index (χ2v) is 1.88. The zero-order chi connectivity index (χ0) is 7.72. The van der Waals surface area contributed by atoms with Crippen molar-refractivity contribution in [2.75, 3.05) is 0 Å². The highest BCUT2D eigenvalue weighted by molar-refractivity contribution is 6.63. The summed E-state index contributed by atoms with van der Waals surface area (Å²) in [6.07, 6.45) is 0. The van der Waals surface area contributed by atoms with Crippen molar-refractivity contribution in [1.29, 1.82) is 0 Å². The van der Waals surface area contributed by atoms with Crippen LogP contribution in [0.4, 0.5) is 4.79 Å². The van der Waals surface area contributed by atoms with Crippen molar-refractivity contribution < 1.29 is 9.21 Å². The van der Waals surface area contributed by atoms with Crippen LogP contribution >= 0.6 is 11.6 Å². The van der Waals surface area contributed by atoms with Crippen molar-refractivity contribution in [2.24, 2.45) is 0 Å². The van der Waals surface area contributed by atoms with Gasteiger partial charge in [-0.1, -0.05) is 0 Å². The van der Waals surface area contributed by atoms with Crippen molar-refractivity contribution >= 4 is 17.0 Å². The summed E-state index contributed by atoms with van der Waals surface area (Å²) >= 11 is 4.92. The first kappa shape index (κ1) is 7.01. The predicted octanol–water partition coefficient (Wildman–Crippen LogP) is 0.352. The quantitative estimate of drug-likeness (QED) is 0.517. The molecule has 0 aliphatic heterocycles. The number of rotatable bonds is 0. The Kier molecular flexibility index (Phi) is 1.58. The summed E-state index contributed by atoms with van der Waals surface area (Å²) < 4.78 is 4.81. The second-order valence-electron chi connectivity index (χ2n) is 1.55.